The molecule has 0 bridgehead atoms. The van der Waals surface area contributed by atoms with E-state index in [-0.39, 0.29) is 11.3 Å². The predicted molar refractivity (Wildman–Crippen MR) is 71.0 cm³/mol. The summed E-state index contributed by atoms with van der Waals surface area (Å²) in [4.78, 5) is 15.7. The molecule has 1 amide bonds. The van der Waals surface area contributed by atoms with Crippen LogP contribution in [0.15, 0.2) is 41.1 Å². The van der Waals surface area contributed by atoms with Gasteiger partial charge in [0, 0.05) is 16.9 Å². The number of pyridine rings is 1. The maximum Gasteiger partial charge on any atom is 0.257 e. The largest absolute Gasteiger partial charge is 0.319 e. The molecule has 0 saturated carbocycles. The number of halogens is 2. The molecule has 0 saturated heterocycles. The van der Waals surface area contributed by atoms with E-state index in [1.165, 1.54) is 18.3 Å². The molecule has 0 fully saturated rings. The van der Waals surface area contributed by atoms with E-state index in [1.807, 2.05) is 6.07 Å². The third kappa shape index (κ3) is 3.14. The molecule has 0 atom stereocenters. The second kappa shape index (κ2) is 5.59. The van der Waals surface area contributed by atoms with E-state index in [4.69, 9.17) is 5.26 Å². The van der Waals surface area contributed by atoms with Crippen LogP contribution in [0.5, 0.6) is 0 Å². The third-order valence-corrected chi connectivity index (χ3v) is 2.75. The lowest BCUT2D eigenvalue weighted by atomic mass is 10.2. The van der Waals surface area contributed by atoms with Gasteiger partial charge in [-0.1, -0.05) is 0 Å². The molecule has 0 aliphatic heterocycles. The lowest BCUT2D eigenvalue weighted by molar-refractivity contribution is 0.102. The van der Waals surface area contributed by atoms with Crippen LogP contribution in [0.25, 0.3) is 0 Å². The SMILES string of the molecule is N#Cc1ccc(NC(=O)c2cncc(Br)c2)c(F)c1. The minimum atomic E-state index is -0.657. The Bertz CT molecular complexity index is 682. The Morgan fingerprint density at radius 2 is 2.16 bits per heavy atom. The number of anilines is 1. The van der Waals surface area contributed by atoms with Crippen molar-refractivity contribution in [2.45, 2.75) is 0 Å². The summed E-state index contributed by atoms with van der Waals surface area (Å²) in [6.07, 6.45) is 2.92. The van der Waals surface area contributed by atoms with Gasteiger partial charge >= 0.3 is 0 Å². The highest BCUT2D eigenvalue weighted by atomic mass is 79.9. The summed E-state index contributed by atoms with van der Waals surface area (Å²) in [7, 11) is 0. The number of nitrogens with zero attached hydrogens (tertiary/aromatic N) is 2. The number of nitrogens with one attached hydrogen (secondary N) is 1. The molecule has 1 aromatic heterocycles. The average molecular weight is 320 g/mol. The van der Waals surface area contributed by atoms with Gasteiger partial charge in [-0.05, 0) is 40.2 Å². The van der Waals surface area contributed by atoms with Crippen LogP contribution in [0, 0.1) is 17.1 Å². The van der Waals surface area contributed by atoms with E-state index in [1.54, 1.807) is 12.3 Å². The van der Waals surface area contributed by atoms with Crippen molar-refractivity contribution in [1.82, 2.24) is 4.98 Å². The molecule has 19 heavy (non-hydrogen) atoms. The van der Waals surface area contributed by atoms with Crippen LogP contribution in [0.2, 0.25) is 0 Å². The van der Waals surface area contributed by atoms with Gasteiger partial charge in [0.05, 0.1) is 22.9 Å². The van der Waals surface area contributed by atoms with Gasteiger partial charge < -0.3 is 5.32 Å². The van der Waals surface area contributed by atoms with Gasteiger partial charge in [0.2, 0.25) is 0 Å². The molecule has 0 aliphatic carbocycles. The smallest absolute Gasteiger partial charge is 0.257 e. The highest BCUT2D eigenvalue weighted by Crippen LogP contribution is 2.17. The van der Waals surface area contributed by atoms with Crippen LogP contribution in [-0.2, 0) is 0 Å². The van der Waals surface area contributed by atoms with E-state index in [9.17, 15) is 9.18 Å². The zero-order valence-electron chi connectivity index (χ0n) is 9.52. The highest BCUT2D eigenvalue weighted by Gasteiger charge is 2.10. The maximum absolute atomic E-state index is 13.6. The summed E-state index contributed by atoms with van der Waals surface area (Å²) in [6, 6.07) is 7.23. The number of nitriles is 1. The molecule has 6 heteroatoms. The highest BCUT2D eigenvalue weighted by molar-refractivity contribution is 9.10. The Hall–Kier alpha value is -2.26. The van der Waals surface area contributed by atoms with Crippen LogP contribution in [0.4, 0.5) is 10.1 Å². The molecule has 0 unspecified atom stereocenters. The predicted octanol–water partition coefficient (Wildman–Crippen LogP) is 3.11. The molecule has 1 aromatic carbocycles. The van der Waals surface area contributed by atoms with Crippen LogP contribution in [-0.4, -0.2) is 10.9 Å². The van der Waals surface area contributed by atoms with Gasteiger partial charge in [0.15, 0.2) is 0 Å². The number of aromatic nitrogens is 1. The van der Waals surface area contributed by atoms with E-state index >= 15 is 0 Å². The summed E-state index contributed by atoms with van der Waals surface area (Å²) in [6.45, 7) is 0. The number of rotatable bonds is 2. The summed E-state index contributed by atoms with van der Waals surface area (Å²) in [5.41, 5.74) is 0.515. The minimum Gasteiger partial charge on any atom is -0.319 e. The average Bonchev–Trinajstić information content (AvgIpc) is 2.41. The number of benzene rings is 1. The molecule has 94 valence electrons. The quantitative estimate of drug-likeness (QED) is 0.924. The number of hydrogen-bond acceptors (Lipinski definition) is 3. The van der Waals surface area contributed by atoms with Crippen molar-refractivity contribution in [2.24, 2.45) is 0 Å². The molecule has 0 aliphatic rings. The van der Waals surface area contributed by atoms with Crippen LogP contribution < -0.4 is 5.32 Å². The number of amides is 1. The second-order valence-corrected chi connectivity index (χ2v) is 4.57. The van der Waals surface area contributed by atoms with E-state index < -0.39 is 11.7 Å². The summed E-state index contributed by atoms with van der Waals surface area (Å²) < 4.78 is 14.3. The molecule has 0 radical (unpaired) electrons. The minimum absolute atomic E-state index is 0.0176. The fourth-order valence-electron chi connectivity index (χ4n) is 1.42. The van der Waals surface area contributed by atoms with Gasteiger partial charge in [0.1, 0.15) is 5.82 Å². The summed E-state index contributed by atoms with van der Waals surface area (Å²) in [5.74, 6) is -1.13. The summed E-state index contributed by atoms with van der Waals surface area (Å²) in [5, 5.41) is 11.0. The van der Waals surface area contributed by atoms with Crippen LogP contribution in [0.1, 0.15) is 15.9 Å². The van der Waals surface area contributed by atoms with Crippen LogP contribution >= 0.6 is 15.9 Å². The lowest BCUT2D eigenvalue weighted by Crippen LogP contribution is -2.13. The topological polar surface area (TPSA) is 65.8 Å². The Balaban J connectivity index is 2.22. The molecule has 4 nitrogen and oxygen atoms in total. The van der Waals surface area contributed by atoms with Gasteiger partial charge in [0.25, 0.3) is 5.91 Å². The molecule has 2 rings (SSSR count). The molecule has 0 spiro atoms. The van der Waals surface area contributed by atoms with Gasteiger partial charge in [-0.2, -0.15) is 5.26 Å². The first-order valence-electron chi connectivity index (χ1n) is 5.21. The van der Waals surface area contributed by atoms with Crippen molar-refractivity contribution in [3.8, 4) is 6.07 Å². The molecule has 1 N–H and O–H groups in total. The molecule has 1 heterocycles. The molecular formula is C13H7BrFN3O. The van der Waals surface area contributed by atoms with Crippen molar-refractivity contribution in [3.63, 3.8) is 0 Å². The maximum atomic E-state index is 13.6. The van der Waals surface area contributed by atoms with Crippen molar-refractivity contribution < 1.29 is 9.18 Å². The molecule has 2 aromatic rings. The van der Waals surface area contributed by atoms with E-state index in [0.29, 0.717) is 10.0 Å². The lowest BCUT2D eigenvalue weighted by Gasteiger charge is -2.06. The van der Waals surface area contributed by atoms with Gasteiger partial charge in [-0.3, -0.25) is 9.78 Å². The zero-order valence-corrected chi connectivity index (χ0v) is 11.1. The molecular weight excluding hydrogens is 313 g/mol. The number of hydrogen-bond donors (Lipinski definition) is 1. The Labute approximate surface area is 117 Å². The van der Waals surface area contributed by atoms with E-state index in [2.05, 4.69) is 26.2 Å². The fraction of sp³-hybridized carbons (Fsp3) is 0. The standard InChI is InChI=1S/C13H7BrFN3O/c14-10-4-9(6-17-7-10)13(19)18-12-2-1-8(5-16)3-11(12)15/h1-4,6-7H,(H,18,19). The first-order valence-corrected chi connectivity index (χ1v) is 6.01. The second-order valence-electron chi connectivity index (χ2n) is 3.65. The van der Waals surface area contributed by atoms with Gasteiger partial charge in [-0.25, -0.2) is 4.39 Å². The normalized spacial score (nSPS) is 9.74. The number of carbonyl (C=O) groups excluding carboxylic acids is 1. The van der Waals surface area contributed by atoms with Crippen molar-refractivity contribution in [2.75, 3.05) is 5.32 Å². The third-order valence-electron chi connectivity index (χ3n) is 2.31. The van der Waals surface area contributed by atoms with Crippen molar-refractivity contribution in [1.29, 1.82) is 5.26 Å². The number of carbonyl (C=O) groups is 1. The first kappa shape index (κ1) is 13.2. The fourth-order valence-corrected chi connectivity index (χ4v) is 1.78. The Morgan fingerprint density at radius 1 is 1.37 bits per heavy atom. The monoisotopic (exact) mass is 319 g/mol. The van der Waals surface area contributed by atoms with E-state index in [0.717, 1.165) is 6.07 Å². The first-order chi connectivity index (χ1) is 9.10. The van der Waals surface area contributed by atoms with Crippen molar-refractivity contribution in [3.05, 3.63) is 58.1 Å². The van der Waals surface area contributed by atoms with Crippen molar-refractivity contribution >= 4 is 27.5 Å². The summed E-state index contributed by atoms with van der Waals surface area (Å²) >= 11 is 3.20. The zero-order chi connectivity index (χ0) is 13.8. The Morgan fingerprint density at radius 3 is 2.79 bits per heavy atom. The van der Waals surface area contributed by atoms with Crippen LogP contribution in [0.3, 0.4) is 0 Å². The van der Waals surface area contributed by atoms with Gasteiger partial charge in [-0.15, -0.1) is 0 Å². The Kier molecular flexibility index (Phi) is 3.88.